The number of rotatable bonds is 6. The number of aliphatic carboxylic acids is 1. The van der Waals surface area contributed by atoms with Crippen molar-refractivity contribution >= 4 is 39.7 Å². The van der Waals surface area contributed by atoms with Gasteiger partial charge in [0.1, 0.15) is 6.04 Å². The third-order valence-electron chi connectivity index (χ3n) is 5.06. The first-order valence-corrected chi connectivity index (χ1v) is 9.57. The molecule has 0 aliphatic carbocycles. The van der Waals surface area contributed by atoms with E-state index in [1.54, 1.807) is 48.5 Å². The molecule has 4 rings (SSSR count). The number of nitrogens with zero attached hydrogens (tertiary/aromatic N) is 1. The number of carboxylic acid groups (broad SMARTS) is 2. The molecule has 7 heteroatoms. The van der Waals surface area contributed by atoms with Gasteiger partial charge in [0, 0.05) is 17.2 Å². The minimum Gasteiger partial charge on any atom is -0.480 e. The third kappa shape index (κ3) is 4.06. The van der Waals surface area contributed by atoms with Gasteiger partial charge in [0.25, 0.3) is 5.91 Å². The summed E-state index contributed by atoms with van der Waals surface area (Å²) in [5, 5.41) is 22.6. The highest BCUT2D eigenvalue weighted by molar-refractivity contribution is 6.16. The Morgan fingerprint density at radius 2 is 1.35 bits per heavy atom. The number of fused-ring (bicyclic) bond motifs is 2. The standard InChI is InChI=1S/C24H18N2O5/c27-22(26-20(24(30)31)13-14-9-11-15(12-10-14)23(28)29)21-16-5-1-3-7-18(16)25-19-8-4-2-6-17(19)21/h1-12,20H,13H2,(H,26,27)(H,28,29)(H,30,31)/t20-/m0/s1. The smallest absolute Gasteiger partial charge is 0.335 e. The molecular weight excluding hydrogens is 396 g/mol. The number of pyridine rings is 1. The summed E-state index contributed by atoms with van der Waals surface area (Å²) in [5.74, 6) is -2.76. The van der Waals surface area contributed by atoms with E-state index in [4.69, 9.17) is 5.11 Å². The SMILES string of the molecule is O=C(O)c1ccc(C[C@H](NC(=O)c2c3ccccc3nc3ccccc23)C(=O)O)cc1. The summed E-state index contributed by atoms with van der Waals surface area (Å²) in [4.78, 5) is 40.7. The van der Waals surface area contributed by atoms with Crippen molar-refractivity contribution < 1.29 is 24.6 Å². The van der Waals surface area contributed by atoms with Crippen LogP contribution >= 0.6 is 0 Å². The number of benzene rings is 3. The number of nitrogens with one attached hydrogen (secondary N) is 1. The van der Waals surface area contributed by atoms with Crippen LogP contribution in [0.3, 0.4) is 0 Å². The minimum atomic E-state index is -1.19. The Labute approximate surface area is 177 Å². The lowest BCUT2D eigenvalue weighted by Gasteiger charge is -2.17. The predicted octanol–water partition coefficient (Wildman–Crippen LogP) is 3.51. The molecular formula is C24H18N2O5. The molecule has 154 valence electrons. The first-order chi connectivity index (χ1) is 14.9. The molecule has 1 amide bonds. The lowest BCUT2D eigenvalue weighted by atomic mass is 10.0. The fourth-order valence-electron chi connectivity index (χ4n) is 3.53. The first kappa shape index (κ1) is 20.0. The van der Waals surface area contributed by atoms with E-state index in [0.717, 1.165) is 0 Å². The van der Waals surface area contributed by atoms with Crippen LogP contribution in [0.15, 0.2) is 72.8 Å². The van der Waals surface area contributed by atoms with Gasteiger partial charge in [-0.25, -0.2) is 14.6 Å². The van der Waals surface area contributed by atoms with Gasteiger partial charge in [0.05, 0.1) is 22.2 Å². The molecule has 0 aliphatic heterocycles. The highest BCUT2D eigenvalue weighted by Gasteiger charge is 2.24. The monoisotopic (exact) mass is 414 g/mol. The molecule has 0 saturated carbocycles. The molecule has 1 atom stereocenters. The van der Waals surface area contributed by atoms with E-state index in [2.05, 4.69) is 10.3 Å². The molecule has 3 aromatic carbocycles. The van der Waals surface area contributed by atoms with Gasteiger partial charge in [-0.3, -0.25) is 4.79 Å². The molecule has 3 N–H and O–H groups in total. The van der Waals surface area contributed by atoms with Crippen molar-refractivity contribution in [3.05, 3.63) is 89.5 Å². The van der Waals surface area contributed by atoms with Crippen molar-refractivity contribution in [3.63, 3.8) is 0 Å². The maximum absolute atomic E-state index is 13.2. The Hall–Kier alpha value is -4.26. The molecule has 7 nitrogen and oxygen atoms in total. The Morgan fingerprint density at radius 3 is 1.87 bits per heavy atom. The Bertz CT molecular complexity index is 1260. The molecule has 0 aliphatic rings. The Balaban J connectivity index is 1.68. The molecule has 0 fully saturated rings. The zero-order valence-corrected chi connectivity index (χ0v) is 16.3. The highest BCUT2D eigenvalue weighted by atomic mass is 16.4. The molecule has 4 aromatic rings. The van der Waals surface area contributed by atoms with E-state index in [1.807, 2.05) is 12.1 Å². The van der Waals surface area contributed by atoms with Gasteiger partial charge < -0.3 is 15.5 Å². The van der Waals surface area contributed by atoms with Gasteiger partial charge in [-0.05, 0) is 29.8 Å². The summed E-state index contributed by atoms with van der Waals surface area (Å²) in [6.07, 6.45) is 0.0158. The molecule has 31 heavy (non-hydrogen) atoms. The number of aromatic carboxylic acids is 1. The lowest BCUT2D eigenvalue weighted by Crippen LogP contribution is -2.42. The quantitative estimate of drug-likeness (QED) is 0.416. The second kappa shape index (κ2) is 8.23. The number of carboxylic acids is 2. The number of carbonyl (C=O) groups is 3. The maximum Gasteiger partial charge on any atom is 0.335 e. The van der Waals surface area contributed by atoms with Crippen molar-refractivity contribution in [2.45, 2.75) is 12.5 Å². The molecule has 0 radical (unpaired) electrons. The topological polar surface area (TPSA) is 117 Å². The summed E-state index contributed by atoms with van der Waals surface area (Å²) in [6.45, 7) is 0. The van der Waals surface area contributed by atoms with Crippen molar-refractivity contribution in [3.8, 4) is 0 Å². The van der Waals surface area contributed by atoms with Gasteiger partial charge in [-0.1, -0.05) is 48.5 Å². The minimum absolute atomic E-state index is 0.0158. The van der Waals surface area contributed by atoms with Gasteiger partial charge in [0.15, 0.2) is 0 Å². The predicted molar refractivity (Wildman–Crippen MR) is 115 cm³/mol. The van der Waals surface area contributed by atoms with Gasteiger partial charge >= 0.3 is 11.9 Å². The van der Waals surface area contributed by atoms with E-state index in [1.165, 1.54) is 12.1 Å². The molecule has 0 unspecified atom stereocenters. The van der Waals surface area contributed by atoms with Crippen LogP contribution < -0.4 is 5.32 Å². The highest BCUT2D eigenvalue weighted by Crippen LogP contribution is 2.26. The van der Waals surface area contributed by atoms with Crippen LogP contribution in [0, 0.1) is 0 Å². The second-order valence-electron chi connectivity index (χ2n) is 7.09. The summed E-state index contributed by atoms with van der Waals surface area (Å²) in [5.41, 5.74) is 2.36. The molecule has 0 saturated heterocycles. The average Bonchev–Trinajstić information content (AvgIpc) is 2.77. The number of para-hydroxylation sites is 2. The van der Waals surface area contributed by atoms with E-state index < -0.39 is 23.9 Å². The number of hydrogen-bond donors (Lipinski definition) is 3. The lowest BCUT2D eigenvalue weighted by molar-refractivity contribution is -0.139. The fourth-order valence-corrected chi connectivity index (χ4v) is 3.53. The number of carbonyl (C=O) groups excluding carboxylic acids is 1. The van der Waals surface area contributed by atoms with Crippen LogP contribution in [0.25, 0.3) is 21.8 Å². The van der Waals surface area contributed by atoms with Gasteiger partial charge in [0.2, 0.25) is 0 Å². The van der Waals surface area contributed by atoms with Crippen molar-refractivity contribution in [1.82, 2.24) is 10.3 Å². The molecule has 1 aromatic heterocycles. The maximum atomic E-state index is 13.2. The van der Waals surface area contributed by atoms with E-state index >= 15 is 0 Å². The third-order valence-corrected chi connectivity index (χ3v) is 5.06. The van der Waals surface area contributed by atoms with E-state index in [9.17, 15) is 19.5 Å². The molecule has 0 bridgehead atoms. The summed E-state index contributed by atoms with van der Waals surface area (Å²) < 4.78 is 0. The first-order valence-electron chi connectivity index (χ1n) is 9.57. The average molecular weight is 414 g/mol. The number of aromatic nitrogens is 1. The zero-order chi connectivity index (χ0) is 22.0. The van der Waals surface area contributed by atoms with Gasteiger partial charge in [-0.15, -0.1) is 0 Å². The van der Waals surface area contributed by atoms with Crippen LogP contribution in [0.4, 0.5) is 0 Å². The number of hydrogen-bond acceptors (Lipinski definition) is 4. The van der Waals surface area contributed by atoms with Gasteiger partial charge in [-0.2, -0.15) is 0 Å². The zero-order valence-electron chi connectivity index (χ0n) is 16.3. The van der Waals surface area contributed by atoms with Crippen LogP contribution in [0.1, 0.15) is 26.3 Å². The molecule has 0 spiro atoms. The normalized spacial score (nSPS) is 11.9. The van der Waals surface area contributed by atoms with Crippen molar-refractivity contribution in [2.75, 3.05) is 0 Å². The summed E-state index contributed by atoms with van der Waals surface area (Å²) >= 11 is 0. The summed E-state index contributed by atoms with van der Waals surface area (Å²) in [7, 11) is 0. The van der Waals surface area contributed by atoms with Crippen LogP contribution in [0.2, 0.25) is 0 Å². The van der Waals surface area contributed by atoms with Crippen LogP contribution in [-0.2, 0) is 11.2 Å². The fraction of sp³-hybridized carbons (Fsp3) is 0.0833. The second-order valence-corrected chi connectivity index (χ2v) is 7.09. The van der Waals surface area contributed by atoms with E-state index in [-0.39, 0.29) is 12.0 Å². The molecule has 1 heterocycles. The number of amides is 1. The Kier molecular flexibility index (Phi) is 5.32. The largest absolute Gasteiger partial charge is 0.480 e. The summed E-state index contributed by atoms with van der Waals surface area (Å²) in [6, 6.07) is 19.1. The Morgan fingerprint density at radius 1 is 0.806 bits per heavy atom. The van der Waals surface area contributed by atoms with Crippen molar-refractivity contribution in [2.24, 2.45) is 0 Å². The van der Waals surface area contributed by atoms with Crippen LogP contribution in [0.5, 0.6) is 0 Å². The van der Waals surface area contributed by atoms with E-state index in [0.29, 0.717) is 32.9 Å². The van der Waals surface area contributed by atoms with Crippen LogP contribution in [-0.4, -0.2) is 39.1 Å². The van der Waals surface area contributed by atoms with Crippen molar-refractivity contribution in [1.29, 1.82) is 0 Å².